The Balaban J connectivity index is 1.62. The fourth-order valence-corrected chi connectivity index (χ4v) is 3.23. The molecular formula is C16H21N3O2. The van der Waals surface area contributed by atoms with E-state index in [-0.39, 0.29) is 11.8 Å². The normalized spacial score (nSPS) is 22.7. The van der Waals surface area contributed by atoms with Crippen LogP contribution in [0.3, 0.4) is 0 Å². The summed E-state index contributed by atoms with van der Waals surface area (Å²) in [6.07, 6.45) is 2.32. The molecule has 21 heavy (non-hydrogen) atoms. The van der Waals surface area contributed by atoms with Crippen LogP contribution in [0.15, 0.2) is 24.3 Å². The van der Waals surface area contributed by atoms with Gasteiger partial charge in [-0.15, -0.1) is 0 Å². The number of amides is 2. The smallest absolute Gasteiger partial charge is 0.261 e. The minimum atomic E-state index is -0.164. The van der Waals surface area contributed by atoms with E-state index in [1.165, 1.54) is 11.3 Å². The number of hydrogen-bond acceptors (Lipinski definition) is 4. The van der Waals surface area contributed by atoms with Gasteiger partial charge in [0.25, 0.3) is 11.8 Å². The van der Waals surface area contributed by atoms with Crippen LogP contribution in [0.4, 0.5) is 0 Å². The number of benzene rings is 1. The molecule has 1 aromatic carbocycles. The molecule has 2 aliphatic rings. The molecule has 5 heteroatoms. The van der Waals surface area contributed by atoms with Crippen molar-refractivity contribution in [3.05, 3.63) is 35.4 Å². The zero-order valence-corrected chi connectivity index (χ0v) is 12.1. The highest BCUT2D eigenvalue weighted by Crippen LogP contribution is 2.22. The predicted octanol–water partition coefficient (Wildman–Crippen LogP) is 0.953. The van der Waals surface area contributed by atoms with E-state index < -0.39 is 0 Å². The number of likely N-dealkylation sites (tertiary alicyclic amines) is 1. The Morgan fingerprint density at radius 1 is 1.10 bits per heavy atom. The summed E-state index contributed by atoms with van der Waals surface area (Å²) < 4.78 is 0. The summed E-state index contributed by atoms with van der Waals surface area (Å²) in [7, 11) is 0. The van der Waals surface area contributed by atoms with Crippen LogP contribution < -0.4 is 5.73 Å². The average Bonchev–Trinajstić information content (AvgIpc) is 2.78. The Hall–Kier alpha value is -1.72. The third-order valence-corrected chi connectivity index (χ3v) is 4.45. The second-order valence-corrected chi connectivity index (χ2v) is 5.85. The van der Waals surface area contributed by atoms with Gasteiger partial charge in [-0.25, -0.2) is 0 Å². The van der Waals surface area contributed by atoms with Crippen molar-refractivity contribution >= 4 is 11.8 Å². The van der Waals surface area contributed by atoms with Gasteiger partial charge in [-0.05, 0) is 44.0 Å². The van der Waals surface area contributed by atoms with Crippen molar-refractivity contribution in [2.45, 2.75) is 12.8 Å². The molecule has 1 unspecified atom stereocenters. The van der Waals surface area contributed by atoms with Gasteiger partial charge in [0.1, 0.15) is 0 Å². The van der Waals surface area contributed by atoms with Crippen LogP contribution in [0, 0.1) is 5.92 Å². The maximum atomic E-state index is 12.3. The molecule has 1 saturated heterocycles. The number of hydrogen-bond donors (Lipinski definition) is 1. The fraction of sp³-hybridized carbons (Fsp3) is 0.500. The molecule has 1 aromatic rings. The van der Waals surface area contributed by atoms with E-state index in [2.05, 4.69) is 4.90 Å². The highest BCUT2D eigenvalue weighted by Gasteiger charge is 2.35. The molecule has 0 spiro atoms. The zero-order valence-electron chi connectivity index (χ0n) is 12.1. The summed E-state index contributed by atoms with van der Waals surface area (Å²) in [5.74, 6) is 0.215. The van der Waals surface area contributed by atoms with E-state index in [0.29, 0.717) is 30.1 Å². The van der Waals surface area contributed by atoms with Gasteiger partial charge in [-0.3, -0.25) is 14.5 Å². The first-order valence-corrected chi connectivity index (χ1v) is 7.58. The van der Waals surface area contributed by atoms with Crippen LogP contribution >= 0.6 is 0 Å². The molecule has 0 aromatic heterocycles. The number of carbonyl (C=O) groups is 2. The Bertz CT molecular complexity index is 523. The number of fused-ring (bicyclic) bond motifs is 1. The summed E-state index contributed by atoms with van der Waals surface area (Å²) in [6, 6.07) is 7.04. The molecule has 3 rings (SSSR count). The second-order valence-electron chi connectivity index (χ2n) is 5.85. The molecule has 0 radical (unpaired) electrons. The van der Waals surface area contributed by atoms with Crippen molar-refractivity contribution in [2.75, 3.05) is 32.7 Å². The van der Waals surface area contributed by atoms with Gasteiger partial charge in [-0.2, -0.15) is 0 Å². The number of nitrogens with two attached hydrogens (primary N) is 1. The van der Waals surface area contributed by atoms with Crippen LogP contribution in [0.25, 0.3) is 0 Å². The van der Waals surface area contributed by atoms with Crippen molar-refractivity contribution < 1.29 is 9.59 Å². The first-order chi connectivity index (χ1) is 10.2. The molecule has 2 heterocycles. The second kappa shape index (κ2) is 5.95. The highest BCUT2D eigenvalue weighted by molar-refractivity contribution is 6.21. The van der Waals surface area contributed by atoms with Gasteiger partial charge in [-0.1, -0.05) is 12.1 Å². The third-order valence-electron chi connectivity index (χ3n) is 4.45. The Morgan fingerprint density at radius 2 is 1.76 bits per heavy atom. The molecule has 2 N–H and O–H groups in total. The van der Waals surface area contributed by atoms with E-state index in [1.807, 2.05) is 0 Å². The molecule has 0 bridgehead atoms. The number of nitrogens with zero attached hydrogens (tertiary/aromatic N) is 2. The monoisotopic (exact) mass is 287 g/mol. The first kappa shape index (κ1) is 14.2. The van der Waals surface area contributed by atoms with Crippen LogP contribution in [0.1, 0.15) is 33.6 Å². The van der Waals surface area contributed by atoms with Crippen molar-refractivity contribution in [2.24, 2.45) is 11.7 Å². The van der Waals surface area contributed by atoms with Gasteiger partial charge < -0.3 is 10.6 Å². The minimum Gasteiger partial charge on any atom is -0.330 e. The molecule has 0 saturated carbocycles. The molecule has 1 fully saturated rings. The third kappa shape index (κ3) is 2.71. The summed E-state index contributed by atoms with van der Waals surface area (Å²) in [5, 5.41) is 0. The number of carbonyl (C=O) groups excluding carboxylic acids is 2. The van der Waals surface area contributed by atoms with E-state index in [1.54, 1.807) is 24.3 Å². The van der Waals surface area contributed by atoms with Crippen molar-refractivity contribution in [1.29, 1.82) is 0 Å². The van der Waals surface area contributed by atoms with E-state index >= 15 is 0 Å². The SMILES string of the molecule is NCC1CCCN(CCN2C(=O)c3ccccc3C2=O)C1. The fourth-order valence-electron chi connectivity index (χ4n) is 3.23. The quantitative estimate of drug-likeness (QED) is 0.837. The number of imide groups is 1. The van der Waals surface area contributed by atoms with Crippen molar-refractivity contribution in [3.63, 3.8) is 0 Å². The van der Waals surface area contributed by atoms with Crippen LogP contribution in [0.2, 0.25) is 0 Å². The number of rotatable bonds is 4. The lowest BCUT2D eigenvalue weighted by atomic mass is 9.98. The number of piperidine rings is 1. The minimum absolute atomic E-state index is 0.164. The zero-order chi connectivity index (χ0) is 14.8. The summed E-state index contributed by atoms with van der Waals surface area (Å²) in [6.45, 7) is 3.91. The van der Waals surface area contributed by atoms with Crippen LogP contribution in [-0.4, -0.2) is 54.3 Å². The lowest BCUT2D eigenvalue weighted by molar-refractivity contribution is 0.0624. The standard InChI is InChI=1S/C16H21N3O2/c17-10-12-4-3-7-18(11-12)8-9-19-15(20)13-5-1-2-6-14(13)16(19)21/h1-2,5-6,12H,3-4,7-11,17H2. The topological polar surface area (TPSA) is 66.6 Å². The summed E-state index contributed by atoms with van der Waals surface area (Å²) >= 11 is 0. The largest absolute Gasteiger partial charge is 0.330 e. The maximum Gasteiger partial charge on any atom is 0.261 e. The first-order valence-electron chi connectivity index (χ1n) is 7.58. The Labute approximate surface area is 124 Å². The average molecular weight is 287 g/mol. The van der Waals surface area contributed by atoms with E-state index in [0.717, 1.165) is 26.1 Å². The summed E-state index contributed by atoms with van der Waals surface area (Å²) in [4.78, 5) is 28.2. The molecule has 5 nitrogen and oxygen atoms in total. The van der Waals surface area contributed by atoms with Gasteiger partial charge >= 0.3 is 0 Å². The molecule has 0 aliphatic carbocycles. The lowest BCUT2D eigenvalue weighted by Gasteiger charge is -2.32. The molecule has 2 amide bonds. The van der Waals surface area contributed by atoms with Crippen molar-refractivity contribution in [1.82, 2.24) is 9.80 Å². The summed E-state index contributed by atoms with van der Waals surface area (Å²) in [5.41, 5.74) is 6.80. The van der Waals surface area contributed by atoms with Crippen LogP contribution in [0.5, 0.6) is 0 Å². The van der Waals surface area contributed by atoms with E-state index in [4.69, 9.17) is 5.73 Å². The van der Waals surface area contributed by atoms with Crippen molar-refractivity contribution in [3.8, 4) is 0 Å². The Kier molecular flexibility index (Phi) is 4.03. The van der Waals surface area contributed by atoms with Crippen LogP contribution in [-0.2, 0) is 0 Å². The van der Waals surface area contributed by atoms with Gasteiger partial charge in [0, 0.05) is 19.6 Å². The van der Waals surface area contributed by atoms with Gasteiger partial charge in [0.2, 0.25) is 0 Å². The molecular weight excluding hydrogens is 266 g/mol. The molecule has 1 atom stereocenters. The molecule has 112 valence electrons. The lowest BCUT2D eigenvalue weighted by Crippen LogP contribution is -2.43. The van der Waals surface area contributed by atoms with Gasteiger partial charge in [0.05, 0.1) is 11.1 Å². The van der Waals surface area contributed by atoms with Gasteiger partial charge in [0.15, 0.2) is 0 Å². The Morgan fingerprint density at radius 3 is 2.38 bits per heavy atom. The predicted molar refractivity (Wildman–Crippen MR) is 80.0 cm³/mol. The highest BCUT2D eigenvalue weighted by atomic mass is 16.2. The van der Waals surface area contributed by atoms with E-state index in [9.17, 15) is 9.59 Å². The maximum absolute atomic E-state index is 12.3. The molecule has 2 aliphatic heterocycles.